The van der Waals surface area contributed by atoms with Gasteiger partial charge in [0, 0.05) is 17.3 Å². The summed E-state index contributed by atoms with van der Waals surface area (Å²) in [5, 5.41) is 10.8. The summed E-state index contributed by atoms with van der Waals surface area (Å²) in [7, 11) is 0. The zero-order valence-corrected chi connectivity index (χ0v) is 18.7. The molecule has 164 valence electrons. The molecular formula is C24H15Cl2N3O4. The standard InChI is InChI=1S/C24H15Cl2N3O4/c1-12-8-19-20(22(30)32-12)24(15(10-27)21(28)33-19)14-4-2-3-5-18(14)29(23(24)31)11-13-6-7-16(25)17(26)9-13/h2-9H,11,28H2,1H3/t24-/m0/s1. The predicted octanol–water partition coefficient (Wildman–Crippen LogP) is 4.17. The second-order valence-electron chi connectivity index (χ2n) is 7.74. The van der Waals surface area contributed by atoms with E-state index in [9.17, 15) is 14.9 Å². The normalized spacial score (nSPS) is 18.7. The number of benzene rings is 2. The lowest BCUT2D eigenvalue weighted by atomic mass is 9.69. The van der Waals surface area contributed by atoms with Gasteiger partial charge in [-0.3, -0.25) is 4.79 Å². The van der Waals surface area contributed by atoms with E-state index in [1.807, 2.05) is 6.07 Å². The van der Waals surface area contributed by atoms with Gasteiger partial charge in [0.2, 0.25) is 11.8 Å². The minimum atomic E-state index is -1.80. The molecule has 1 aromatic heterocycles. The van der Waals surface area contributed by atoms with Gasteiger partial charge in [-0.15, -0.1) is 0 Å². The van der Waals surface area contributed by atoms with Crippen molar-refractivity contribution in [3.63, 3.8) is 0 Å². The molecule has 0 radical (unpaired) electrons. The van der Waals surface area contributed by atoms with Crippen LogP contribution < -0.4 is 21.0 Å². The molecule has 7 nitrogen and oxygen atoms in total. The van der Waals surface area contributed by atoms with E-state index in [-0.39, 0.29) is 35.1 Å². The fraction of sp³-hybridized carbons (Fsp3) is 0.125. The molecular weight excluding hydrogens is 465 g/mol. The van der Waals surface area contributed by atoms with Gasteiger partial charge in [0.05, 0.1) is 16.6 Å². The maximum absolute atomic E-state index is 14.2. The second-order valence-corrected chi connectivity index (χ2v) is 8.56. The summed E-state index contributed by atoms with van der Waals surface area (Å²) in [6, 6.07) is 15.5. The van der Waals surface area contributed by atoms with E-state index in [2.05, 4.69) is 0 Å². The van der Waals surface area contributed by atoms with Crippen LogP contribution in [0.25, 0.3) is 0 Å². The number of amides is 1. The number of nitrogens with zero attached hydrogens (tertiary/aromatic N) is 2. The Bertz CT molecular complexity index is 1490. The number of nitriles is 1. The fourth-order valence-electron chi connectivity index (χ4n) is 4.53. The summed E-state index contributed by atoms with van der Waals surface area (Å²) >= 11 is 12.2. The maximum atomic E-state index is 14.2. The minimum Gasteiger partial charge on any atom is -0.440 e. The Morgan fingerprint density at radius 2 is 1.88 bits per heavy atom. The van der Waals surface area contributed by atoms with Gasteiger partial charge in [-0.2, -0.15) is 5.26 Å². The molecule has 0 aliphatic carbocycles. The number of hydrogen-bond donors (Lipinski definition) is 1. The van der Waals surface area contributed by atoms with Crippen LogP contribution in [-0.2, 0) is 16.8 Å². The molecule has 2 aromatic carbocycles. The molecule has 33 heavy (non-hydrogen) atoms. The van der Waals surface area contributed by atoms with E-state index in [0.717, 1.165) is 0 Å². The van der Waals surface area contributed by atoms with E-state index in [1.165, 1.54) is 11.0 Å². The highest BCUT2D eigenvalue weighted by molar-refractivity contribution is 6.42. The van der Waals surface area contributed by atoms with Crippen molar-refractivity contribution in [3.8, 4) is 11.8 Å². The monoisotopic (exact) mass is 479 g/mol. The number of hydrogen-bond acceptors (Lipinski definition) is 6. The topological polar surface area (TPSA) is 110 Å². The Morgan fingerprint density at radius 3 is 2.61 bits per heavy atom. The van der Waals surface area contributed by atoms with Crippen molar-refractivity contribution in [1.29, 1.82) is 5.26 Å². The zero-order chi connectivity index (χ0) is 23.5. The van der Waals surface area contributed by atoms with Gasteiger partial charge in [0.15, 0.2) is 5.41 Å². The van der Waals surface area contributed by atoms with Crippen molar-refractivity contribution in [2.75, 3.05) is 4.90 Å². The van der Waals surface area contributed by atoms with Crippen molar-refractivity contribution < 1.29 is 13.9 Å². The molecule has 9 heteroatoms. The molecule has 5 rings (SSSR count). The molecule has 2 aliphatic heterocycles. The van der Waals surface area contributed by atoms with Gasteiger partial charge in [0.25, 0.3) is 0 Å². The molecule has 1 amide bonds. The lowest BCUT2D eigenvalue weighted by molar-refractivity contribution is -0.121. The summed E-state index contributed by atoms with van der Waals surface area (Å²) in [5.41, 5.74) is 4.98. The van der Waals surface area contributed by atoms with Gasteiger partial charge < -0.3 is 19.8 Å². The fourth-order valence-corrected chi connectivity index (χ4v) is 4.86. The van der Waals surface area contributed by atoms with E-state index >= 15 is 0 Å². The summed E-state index contributed by atoms with van der Waals surface area (Å²) < 4.78 is 10.9. The average molecular weight is 480 g/mol. The number of fused-ring (bicyclic) bond motifs is 4. The Kier molecular flexibility index (Phi) is 4.74. The first-order chi connectivity index (χ1) is 15.8. The van der Waals surface area contributed by atoms with Crippen molar-refractivity contribution in [2.45, 2.75) is 18.9 Å². The van der Waals surface area contributed by atoms with Crippen LogP contribution in [-0.4, -0.2) is 5.91 Å². The van der Waals surface area contributed by atoms with Crippen LogP contribution in [0.4, 0.5) is 5.69 Å². The highest BCUT2D eigenvalue weighted by Gasteiger charge is 2.60. The van der Waals surface area contributed by atoms with Crippen LogP contribution in [0.3, 0.4) is 0 Å². The van der Waals surface area contributed by atoms with Crippen molar-refractivity contribution in [3.05, 3.63) is 103 Å². The van der Waals surface area contributed by atoms with Crippen molar-refractivity contribution >= 4 is 34.8 Å². The molecule has 3 heterocycles. The van der Waals surface area contributed by atoms with E-state index in [4.69, 9.17) is 38.1 Å². The lowest BCUT2D eigenvalue weighted by Gasteiger charge is -2.33. The highest BCUT2D eigenvalue weighted by atomic mass is 35.5. The number of aryl methyl sites for hydroxylation is 1. The third-order valence-corrected chi connectivity index (χ3v) is 6.60. The molecule has 3 aromatic rings. The number of ether oxygens (including phenoxy) is 1. The molecule has 0 saturated heterocycles. The number of nitrogens with two attached hydrogens (primary N) is 1. The average Bonchev–Trinajstić information content (AvgIpc) is 2.99. The first-order valence-corrected chi connectivity index (χ1v) is 10.6. The van der Waals surface area contributed by atoms with Gasteiger partial charge in [-0.25, -0.2) is 4.79 Å². The van der Waals surface area contributed by atoms with E-state index in [0.29, 0.717) is 26.9 Å². The number of halogens is 2. The van der Waals surface area contributed by atoms with Crippen LogP contribution >= 0.6 is 23.2 Å². The first-order valence-electron chi connectivity index (χ1n) is 9.87. The summed E-state index contributed by atoms with van der Waals surface area (Å²) in [5.74, 6) is -0.391. The Balaban J connectivity index is 1.80. The number of carbonyl (C=O) groups is 1. The number of rotatable bonds is 2. The second kappa shape index (κ2) is 7.41. The molecule has 0 unspecified atom stereocenters. The molecule has 1 spiro atoms. The van der Waals surface area contributed by atoms with E-state index in [1.54, 1.807) is 49.4 Å². The Hall–Kier alpha value is -3.73. The van der Waals surface area contributed by atoms with Crippen LogP contribution in [0.1, 0.15) is 22.5 Å². The number of anilines is 1. The number of carbonyl (C=O) groups excluding carboxylic acids is 1. The smallest absolute Gasteiger partial charge is 0.344 e. The third kappa shape index (κ3) is 2.88. The Labute approximate surface area is 198 Å². The molecule has 0 fully saturated rings. The zero-order valence-electron chi connectivity index (χ0n) is 17.2. The summed E-state index contributed by atoms with van der Waals surface area (Å²) in [4.78, 5) is 28.8. The first kappa shape index (κ1) is 21.1. The van der Waals surface area contributed by atoms with Gasteiger partial charge in [-0.05, 0) is 30.7 Å². The van der Waals surface area contributed by atoms with Crippen LogP contribution in [0, 0.1) is 18.3 Å². The van der Waals surface area contributed by atoms with Crippen molar-refractivity contribution in [1.82, 2.24) is 0 Å². The lowest BCUT2D eigenvalue weighted by Crippen LogP contribution is -2.48. The highest BCUT2D eigenvalue weighted by Crippen LogP contribution is 2.54. The minimum absolute atomic E-state index is 0.0760. The SMILES string of the molecule is Cc1cc2c(c(=O)o1)[C@@]1(C(=O)N(Cc3ccc(Cl)c(Cl)c3)c3ccccc31)C(C#N)=C(N)O2. The molecule has 0 saturated carbocycles. The maximum Gasteiger partial charge on any atom is 0.344 e. The molecule has 2 N–H and O–H groups in total. The van der Waals surface area contributed by atoms with Gasteiger partial charge >= 0.3 is 5.63 Å². The molecule has 1 atom stereocenters. The molecule has 0 bridgehead atoms. The Morgan fingerprint density at radius 1 is 1.12 bits per heavy atom. The van der Waals surface area contributed by atoms with Crippen molar-refractivity contribution in [2.24, 2.45) is 5.73 Å². The third-order valence-electron chi connectivity index (χ3n) is 5.86. The van der Waals surface area contributed by atoms with Crippen LogP contribution in [0.5, 0.6) is 5.75 Å². The van der Waals surface area contributed by atoms with Gasteiger partial charge in [0.1, 0.15) is 28.7 Å². The summed E-state index contributed by atoms with van der Waals surface area (Å²) in [6.45, 7) is 1.71. The largest absolute Gasteiger partial charge is 0.440 e. The summed E-state index contributed by atoms with van der Waals surface area (Å²) in [6.07, 6.45) is 0. The van der Waals surface area contributed by atoms with E-state index < -0.39 is 16.9 Å². The van der Waals surface area contributed by atoms with Crippen LogP contribution in [0.15, 0.2) is 69.2 Å². The number of para-hydroxylation sites is 1. The molecule has 2 aliphatic rings. The quantitative estimate of drug-likeness (QED) is 0.590. The predicted molar refractivity (Wildman–Crippen MR) is 122 cm³/mol. The van der Waals surface area contributed by atoms with Gasteiger partial charge in [-0.1, -0.05) is 47.5 Å². The van der Waals surface area contributed by atoms with Crippen LogP contribution in [0.2, 0.25) is 10.0 Å².